The molecule has 112 valence electrons. The third-order valence-electron chi connectivity index (χ3n) is 3.36. The Morgan fingerprint density at radius 1 is 1.38 bits per heavy atom. The van der Waals surface area contributed by atoms with Crippen molar-refractivity contribution in [1.29, 1.82) is 0 Å². The van der Waals surface area contributed by atoms with Crippen molar-refractivity contribution < 1.29 is 10.0 Å². The number of hydrogen-bond donors (Lipinski definition) is 1. The molecule has 0 spiro atoms. The smallest absolute Gasteiger partial charge is 0.304 e. The molecule has 6 heteroatoms. The lowest BCUT2D eigenvalue weighted by Crippen LogP contribution is -2.09. The van der Waals surface area contributed by atoms with E-state index in [9.17, 15) is 15.2 Å². The van der Waals surface area contributed by atoms with E-state index in [1.165, 1.54) is 23.0 Å². The van der Waals surface area contributed by atoms with Gasteiger partial charge in [0.1, 0.15) is 0 Å². The van der Waals surface area contributed by atoms with E-state index in [1.54, 1.807) is 18.9 Å². The van der Waals surface area contributed by atoms with Crippen LogP contribution in [0.15, 0.2) is 30.3 Å². The Hall–Kier alpha value is -1.92. The molecule has 1 N–H and O–H groups in total. The molecule has 1 aromatic carbocycles. The molecule has 0 unspecified atom stereocenters. The monoisotopic (exact) mass is 306 g/mol. The van der Waals surface area contributed by atoms with Crippen LogP contribution in [-0.2, 0) is 6.42 Å². The molecule has 0 saturated carbocycles. The average molecular weight is 306 g/mol. The minimum Gasteiger partial charge on any atom is -0.388 e. The molecule has 0 aliphatic rings. The van der Waals surface area contributed by atoms with Crippen molar-refractivity contribution in [3.8, 4) is 0 Å². The van der Waals surface area contributed by atoms with Crippen LogP contribution < -0.4 is 4.90 Å². The van der Waals surface area contributed by atoms with Crippen LogP contribution in [0.3, 0.4) is 0 Å². The summed E-state index contributed by atoms with van der Waals surface area (Å²) in [5.74, 6) is 0. The SMILES string of the molecule is CCc1ccc(N(C)c2sc([C@H](C)O)cc2[N+](=O)[O-])cc1. The summed E-state index contributed by atoms with van der Waals surface area (Å²) in [7, 11) is 1.80. The molecule has 0 aliphatic heterocycles. The number of rotatable bonds is 5. The van der Waals surface area contributed by atoms with Crippen molar-refractivity contribution in [3.05, 3.63) is 50.9 Å². The molecule has 21 heavy (non-hydrogen) atoms. The first-order valence-corrected chi connectivity index (χ1v) is 7.54. The predicted octanol–water partition coefficient (Wildman–Crippen LogP) is 4.04. The fourth-order valence-electron chi connectivity index (χ4n) is 2.04. The zero-order valence-corrected chi connectivity index (χ0v) is 13.1. The van der Waals surface area contributed by atoms with Crippen LogP contribution in [0.1, 0.15) is 30.4 Å². The summed E-state index contributed by atoms with van der Waals surface area (Å²) in [6.45, 7) is 3.69. The topological polar surface area (TPSA) is 66.6 Å². The Morgan fingerprint density at radius 3 is 2.48 bits per heavy atom. The van der Waals surface area contributed by atoms with E-state index < -0.39 is 11.0 Å². The van der Waals surface area contributed by atoms with Gasteiger partial charge in [0.25, 0.3) is 0 Å². The summed E-state index contributed by atoms with van der Waals surface area (Å²) in [5, 5.41) is 21.4. The van der Waals surface area contributed by atoms with Crippen LogP contribution in [0.5, 0.6) is 0 Å². The van der Waals surface area contributed by atoms with Gasteiger partial charge in [-0.05, 0) is 31.0 Å². The number of aliphatic hydroxyl groups excluding tert-OH is 1. The molecule has 1 atom stereocenters. The molecule has 2 rings (SSSR count). The van der Waals surface area contributed by atoms with Crippen molar-refractivity contribution in [2.24, 2.45) is 0 Å². The zero-order chi connectivity index (χ0) is 15.6. The zero-order valence-electron chi connectivity index (χ0n) is 12.2. The largest absolute Gasteiger partial charge is 0.388 e. The molecular weight excluding hydrogens is 288 g/mol. The Morgan fingerprint density at radius 2 is 2.00 bits per heavy atom. The maximum absolute atomic E-state index is 11.2. The van der Waals surface area contributed by atoms with Gasteiger partial charge in [0.15, 0.2) is 5.00 Å². The highest BCUT2D eigenvalue weighted by atomic mass is 32.1. The van der Waals surface area contributed by atoms with E-state index in [0.717, 1.165) is 12.1 Å². The highest BCUT2D eigenvalue weighted by molar-refractivity contribution is 7.16. The van der Waals surface area contributed by atoms with Crippen molar-refractivity contribution in [3.63, 3.8) is 0 Å². The molecular formula is C15H18N2O3S. The van der Waals surface area contributed by atoms with Crippen LogP contribution in [0.25, 0.3) is 0 Å². The van der Waals surface area contributed by atoms with Crippen molar-refractivity contribution in [1.82, 2.24) is 0 Å². The average Bonchev–Trinajstić information content (AvgIpc) is 2.92. The predicted molar refractivity (Wildman–Crippen MR) is 85.5 cm³/mol. The van der Waals surface area contributed by atoms with Crippen molar-refractivity contribution in [2.75, 3.05) is 11.9 Å². The summed E-state index contributed by atoms with van der Waals surface area (Å²) in [5.41, 5.74) is 2.13. The number of hydrogen-bond acceptors (Lipinski definition) is 5. The normalized spacial score (nSPS) is 12.2. The van der Waals surface area contributed by atoms with Crippen molar-refractivity contribution in [2.45, 2.75) is 26.4 Å². The fraction of sp³-hybridized carbons (Fsp3) is 0.333. The third kappa shape index (κ3) is 3.22. The van der Waals surface area contributed by atoms with Crippen molar-refractivity contribution >= 4 is 27.7 Å². The van der Waals surface area contributed by atoms with Crippen LogP contribution in [0.4, 0.5) is 16.4 Å². The summed E-state index contributed by atoms with van der Waals surface area (Å²) in [6, 6.07) is 9.37. The standard InChI is InChI=1S/C15H18N2O3S/c1-4-11-5-7-12(8-6-11)16(3)15-13(17(19)20)9-14(21-15)10(2)18/h5-10,18H,4H2,1-3H3/t10-/m0/s1. The second kappa shape index (κ2) is 6.24. The van der Waals surface area contributed by atoms with Crippen LogP contribution in [0.2, 0.25) is 0 Å². The molecule has 5 nitrogen and oxygen atoms in total. The molecule has 0 bridgehead atoms. The van der Waals surface area contributed by atoms with Crippen LogP contribution in [-0.4, -0.2) is 17.1 Å². The molecule has 0 saturated heterocycles. The van der Waals surface area contributed by atoms with E-state index in [2.05, 4.69) is 6.92 Å². The van der Waals surface area contributed by atoms with Gasteiger partial charge in [-0.3, -0.25) is 10.1 Å². The van der Waals surface area contributed by atoms with Gasteiger partial charge in [-0.25, -0.2) is 0 Å². The minimum atomic E-state index is -0.710. The van der Waals surface area contributed by atoms with Crippen LogP contribution >= 0.6 is 11.3 Å². The highest BCUT2D eigenvalue weighted by Crippen LogP contribution is 2.42. The van der Waals surface area contributed by atoms with Gasteiger partial charge >= 0.3 is 5.69 Å². The van der Waals surface area contributed by atoms with E-state index in [1.807, 2.05) is 24.3 Å². The number of anilines is 2. The molecule has 0 radical (unpaired) electrons. The van der Waals surface area contributed by atoms with E-state index in [4.69, 9.17) is 0 Å². The number of aryl methyl sites for hydroxylation is 1. The first kappa shape index (κ1) is 15.5. The Balaban J connectivity index is 2.41. The first-order chi connectivity index (χ1) is 9.93. The van der Waals surface area contributed by atoms with Gasteiger partial charge in [0.05, 0.1) is 11.0 Å². The van der Waals surface area contributed by atoms with Crippen LogP contribution in [0, 0.1) is 10.1 Å². The number of benzene rings is 1. The molecule has 2 aromatic rings. The molecule has 0 aliphatic carbocycles. The fourth-order valence-corrected chi connectivity index (χ4v) is 3.08. The Kier molecular flexibility index (Phi) is 4.59. The molecule has 0 fully saturated rings. The molecule has 1 aromatic heterocycles. The summed E-state index contributed by atoms with van der Waals surface area (Å²) >= 11 is 1.24. The maximum Gasteiger partial charge on any atom is 0.304 e. The highest BCUT2D eigenvalue weighted by Gasteiger charge is 2.24. The first-order valence-electron chi connectivity index (χ1n) is 6.73. The van der Waals surface area contributed by atoms with Gasteiger partial charge in [0, 0.05) is 23.7 Å². The second-order valence-corrected chi connectivity index (χ2v) is 5.91. The lowest BCUT2D eigenvalue weighted by molar-refractivity contribution is -0.383. The summed E-state index contributed by atoms with van der Waals surface area (Å²) < 4.78 is 0. The Bertz CT molecular complexity index is 635. The van der Waals surface area contributed by atoms with E-state index in [0.29, 0.717) is 9.88 Å². The lowest BCUT2D eigenvalue weighted by atomic mass is 10.1. The number of aliphatic hydroxyl groups is 1. The van der Waals surface area contributed by atoms with Gasteiger partial charge < -0.3 is 10.0 Å². The number of thiophene rings is 1. The van der Waals surface area contributed by atoms with Gasteiger partial charge in [-0.1, -0.05) is 19.1 Å². The number of nitro groups is 1. The number of nitrogens with zero attached hydrogens (tertiary/aromatic N) is 2. The van der Waals surface area contributed by atoms with Gasteiger partial charge in [-0.15, -0.1) is 11.3 Å². The summed E-state index contributed by atoms with van der Waals surface area (Å²) in [6.07, 6.45) is 0.244. The summed E-state index contributed by atoms with van der Waals surface area (Å²) in [4.78, 5) is 13.2. The van der Waals surface area contributed by atoms with Gasteiger partial charge in [0.2, 0.25) is 0 Å². The molecule has 1 heterocycles. The Labute approximate surface area is 127 Å². The third-order valence-corrected chi connectivity index (χ3v) is 4.73. The van der Waals surface area contributed by atoms with E-state index >= 15 is 0 Å². The quantitative estimate of drug-likeness (QED) is 0.668. The molecule has 0 amide bonds. The minimum absolute atomic E-state index is 0.0259. The van der Waals surface area contributed by atoms with E-state index in [-0.39, 0.29) is 5.69 Å². The second-order valence-electron chi connectivity index (χ2n) is 4.85. The van der Waals surface area contributed by atoms with Gasteiger partial charge in [-0.2, -0.15) is 0 Å². The maximum atomic E-state index is 11.2. The lowest BCUT2D eigenvalue weighted by Gasteiger charge is -2.17.